The minimum atomic E-state index is -1.14. The van der Waals surface area contributed by atoms with Crippen molar-refractivity contribution in [2.24, 2.45) is 11.5 Å². The van der Waals surface area contributed by atoms with Crippen LogP contribution in [0.2, 0.25) is 0 Å². The number of carboxylic acids is 1. The van der Waals surface area contributed by atoms with Crippen LogP contribution in [0.5, 0.6) is 0 Å². The highest BCUT2D eigenvalue weighted by molar-refractivity contribution is 7.98. The molecule has 0 aliphatic carbocycles. The Balaban J connectivity index is 2.89. The van der Waals surface area contributed by atoms with Crippen molar-refractivity contribution >= 4 is 47.2 Å². The Kier molecular flexibility index (Phi) is 16.7. The largest absolute Gasteiger partial charge is 0.480 e. The standard InChI is InChI=1S/C25H41N5O5S2/c1-36-14-11-19(28-22(31)18(27)16-17-8-4-3-5-9-17)23(32)29-20(12-15-37-2)24(33)30-21(25(34)35)10-6-7-13-26/h3-5,8-9,18-21H,6-7,10-16,26-27H2,1-2H3,(H,28,31)(H,29,32)(H,30,33)(H,34,35). The van der Waals surface area contributed by atoms with Gasteiger partial charge in [-0.05, 0) is 74.7 Å². The summed E-state index contributed by atoms with van der Waals surface area (Å²) in [5, 5.41) is 17.5. The van der Waals surface area contributed by atoms with E-state index in [1.807, 2.05) is 42.8 Å². The highest BCUT2D eigenvalue weighted by atomic mass is 32.2. The first kappa shape index (κ1) is 32.7. The lowest BCUT2D eigenvalue weighted by Gasteiger charge is -2.25. The third-order valence-corrected chi connectivity index (χ3v) is 6.97. The second-order valence-electron chi connectivity index (χ2n) is 8.67. The first-order valence-corrected chi connectivity index (χ1v) is 15.1. The quantitative estimate of drug-likeness (QED) is 0.134. The molecular formula is C25H41N5O5S2. The highest BCUT2D eigenvalue weighted by Crippen LogP contribution is 2.08. The Morgan fingerprint density at radius 2 is 1.32 bits per heavy atom. The first-order chi connectivity index (χ1) is 17.7. The van der Waals surface area contributed by atoms with Gasteiger partial charge in [0.05, 0.1) is 6.04 Å². The molecule has 0 aromatic heterocycles. The van der Waals surface area contributed by atoms with Crippen LogP contribution in [0.3, 0.4) is 0 Å². The molecule has 1 rings (SSSR count). The molecule has 37 heavy (non-hydrogen) atoms. The molecule has 8 N–H and O–H groups in total. The molecule has 1 aromatic rings. The average Bonchev–Trinajstić information content (AvgIpc) is 2.88. The van der Waals surface area contributed by atoms with E-state index in [0.29, 0.717) is 50.2 Å². The molecule has 208 valence electrons. The number of nitrogens with two attached hydrogens (primary N) is 2. The molecule has 0 aliphatic heterocycles. The van der Waals surface area contributed by atoms with Crippen molar-refractivity contribution in [3.8, 4) is 0 Å². The maximum Gasteiger partial charge on any atom is 0.326 e. The van der Waals surface area contributed by atoms with Crippen molar-refractivity contribution in [3.63, 3.8) is 0 Å². The fourth-order valence-electron chi connectivity index (χ4n) is 3.54. The summed E-state index contributed by atoms with van der Waals surface area (Å²) in [6.07, 6.45) is 6.20. The van der Waals surface area contributed by atoms with Gasteiger partial charge in [0.25, 0.3) is 0 Å². The van der Waals surface area contributed by atoms with E-state index in [9.17, 15) is 24.3 Å². The second kappa shape index (κ2) is 18.9. The van der Waals surface area contributed by atoms with Gasteiger partial charge in [-0.3, -0.25) is 14.4 Å². The molecule has 4 unspecified atom stereocenters. The number of carboxylic acid groups (broad SMARTS) is 1. The number of rotatable bonds is 19. The number of unbranched alkanes of at least 4 members (excludes halogenated alkanes) is 1. The molecule has 0 bridgehead atoms. The van der Waals surface area contributed by atoms with Crippen LogP contribution in [-0.4, -0.2) is 83.5 Å². The zero-order valence-electron chi connectivity index (χ0n) is 21.6. The number of benzene rings is 1. The summed E-state index contributed by atoms with van der Waals surface area (Å²) >= 11 is 3.03. The van der Waals surface area contributed by atoms with Crippen molar-refractivity contribution in [1.82, 2.24) is 16.0 Å². The van der Waals surface area contributed by atoms with Crippen molar-refractivity contribution in [1.29, 1.82) is 0 Å². The Labute approximate surface area is 227 Å². The maximum absolute atomic E-state index is 13.2. The number of hydrogen-bond donors (Lipinski definition) is 6. The number of aliphatic carboxylic acids is 1. The number of amides is 3. The van der Waals surface area contributed by atoms with Crippen molar-refractivity contribution in [2.45, 2.75) is 62.7 Å². The number of nitrogens with one attached hydrogen (secondary N) is 3. The third kappa shape index (κ3) is 13.2. The van der Waals surface area contributed by atoms with E-state index < -0.39 is 47.9 Å². The van der Waals surface area contributed by atoms with Gasteiger partial charge in [0.15, 0.2) is 0 Å². The summed E-state index contributed by atoms with van der Waals surface area (Å²) in [5.41, 5.74) is 12.5. The van der Waals surface area contributed by atoms with Crippen molar-refractivity contribution < 1.29 is 24.3 Å². The summed E-state index contributed by atoms with van der Waals surface area (Å²) in [4.78, 5) is 50.6. The molecule has 0 aliphatic rings. The van der Waals surface area contributed by atoms with Crippen LogP contribution < -0.4 is 27.4 Å². The lowest BCUT2D eigenvalue weighted by Crippen LogP contribution is -2.57. The van der Waals surface area contributed by atoms with Gasteiger partial charge in [0.2, 0.25) is 17.7 Å². The molecule has 1 aromatic carbocycles. The fourth-order valence-corrected chi connectivity index (χ4v) is 4.49. The lowest BCUT2D eigenvalue weighted by atomic mass is 10.1. The summed E-state index contributed by atoms with van der Waals surface area (Å²) in [6, 6.07) is 5.61. The Bertz CT molecular complexity index is 846. The number of thioether (sulfide) groups is 2. The summed E-state index contributed by atoms with van der Waals surface area (Å²) in [7, 11) is 0. The van der Waals surface area contributed by atoms with Crippen LogP contribution in [0.15, 0.2) is 30.3 Å². The lowest BCUT2D eigenvalue weighted by molar-refractivity contribution is -0.142. The predicted octanol–water partition coefficient (Wildman–Crippen LogP) is 0.731. The average molecular weight is 556 g/mol. The van der Waals surface area contributed by atoms with Gasteiger partial charge in [-0.1, -0.05) is 30.3 Å². The molecule has 0 heterocycles. The van der Waals surface area contributed by atoms with E-state index >= 15 is 0 Å². The summed E-state index contributed by atoms with van der Waals surface area (Å²) < 4.78 is 0. The monoisotopic (exact) mass is 555 g/mol. The SMILES string of the molecule is CSCCC(NC(=O)C(N)Cc1ccccc1)C(=O)NC(CCSC)C(=O)NC(CCCCN)C(=O)O. The topological polar surface area (TPSA) is 177 Å². The number of carbonyl (C=O) groups excluding carboxylic acids is 3. The maximum atomic E-state index is 13.2. The highest BCUT2D eigenvalue weighted by Gasteiger charge is 2.30. The van der Waals surface area contributed by atoms with Crippen LogP contribution in [0.1, 0.15) is 37.7 Å². The molecule has 0 radical (unpaired) electrons. The third-order valence-electron chi connectivity index (χ3n) is 5.68. The molecule has 0 saturated carbocycles. The molecule has 0 fully saturated rings. The van der Waals surface area contributed by atoms with Crippen LogP contribution in [0.4, 0.5) is 0 Å². The van der Waals surface area contributed by atoms with Gasteiger partial charge in [-0.2, -0.15) is 23.5 Å². The normalized spacial score (nSPS) is 14.2. The van der Waals surface area contributed by atoms with Gasteiger partial charge in [0, 0.05) is 0 Å². The summed E-state index contributed by atoms with van der Waals surface area (Å²) in [6.45, 7) is 0.435. The van der Waals surface area contributed by atoms with E-state index in [4.69, 9.17) is 11.5 Å². The predicted molar refractivity (Wildman–Crippen MR) is 150 cm³/mol. The van der Waals surface area contributed by atoms with Gasteiger partial charge in [0.1, 0.15) is 18.1 Å². The fraction of sp³-hybridized carbons (Fsp3) is 0.600. The Morgan fingerprint density at radius 1 is 0.811 bits per heavy atom. The van der Waals surface area contributed by atoms with Crippen LogP contribution in [0, 0.1) is 0 Å². The van der Waals surface area contributed by atoms with Crippen molar-refractivity contribution in [2.75, 3.05) is 30.6 Å². The minimum absolute atomic E-state index is 0.243. The van der Waals surface area contributed by atoms with E-state index in [1.54, 1.807) is 0 Å². The molecule has 12 heteroatoms. The van der Waals surface area contributed by atoms with E-state index in [2.05, 4.69) is 16.0 Å². The molecule has 10 nitrogen and oxygen atoms in total. The smallest absolute Gasteiger partial charge is 0.326 e. The number of hydrogen-bond acceptors (Lipinski definition) is 8. The van der Waals surface area contributed by atoms with E-state index in [-0.39, 0.29) is 6.42 Å². The molecule has 0 saturated heterocycles. The minimum Gasteiger partial charge on any atom is -0.480 e. The zero-order valence-corrected chi connectivity index (χ0v) is 23.2. The van der Waals surface area contributed by atoms with Gasteiger partial charge in [-0.15, -0.1) is 0 Å². The number of carbonyl (C=O) groups is 4. The van der Waals surface area contributed by atoms with Gasteiger partial charge in [-0.25, -0.2) is 4.79 Å². The second-order valence-corrected chi connectivity index (χ2v) is 10.6. The van der Waals surface area contributed by atoms with Crippen molar-refractivity contribution in [3.05, 3.63) is 35.9 Å². The Hall–Kier alpha value is -2.28. The van der Waals surface area contributed by atoms with Gasteiger partial charge < -0.3 is 32.5 Å². The van der Waals surface area contributed by atoms with E-state index in [0.717, 1.165) is 5.56 Å². The first-order valence-electron chi connectivity index (χ1n) is 12.3. The summed E-state index contributed by atoms with van der Waals surface area (Å²) in [5.74, 6) is -1.49. The Morgan fingerprint density at radius 3 is 1.81 bits per heavy atom. The van der Waals surface area contributed by atoms with E-state index in [1.165, 1.54) is 23.5 Å². The molecular weight excluding hydrogens is 514 g/mol. The van der Waals surface area contributed by atoms with Gasteiger partial charge >= 0.3 is 5.97 Å². The molecule has 3 amide bonds. The van der Waals surface area contributed by atoms with Crippen LogP contribution >= 0.6 is 23.5 Å². The molecule has 0 spiro atoms. The van der Waals surface area contributed by atoms with Crippen LogP contribution in [-0.2, 0) is 25.6 Å². The zero-order chi connectivity index (χ0) is 27.6. The molecule has 4 atom stereocenters. The van der Waals surface area contributed by atoms with Crippen LogP contribution in [0.25, 0.3) is 0 Å².